The fourth-order valence-electron chi connectivity index (χ4n) is 1.87. The van der Waals surface area contributed by atoms with Gasteiger partial charge in [0.25, 0.3) is 0 Å². The number of benzene rings is 1. The zero-order valence-electron chi connectivity index (χ0n) is 14.0. The van der Waals surface area contributed by atoms with E-state index < -0.39 is 12.0 Å². The third-order valence-corrected chi connectivity index (χ3v) is 3.97. The lowest BCUT2D eigenvalue weighted by Crippen LogP contribution is -2.38. The van der Waals surface area contributed by atoms with Crippen LogP contribution in [0, 0.1) is 0 Å². The highest BCUT2D eigenvalue weighted by molar-refractivity contribution is 9.10. The first-order valence-corrected chi connectivity index (χ1v) is 8.35. The molecule has 0 saturated heterocycles. The molecule has 0 aliphatic heterocycles. The highest BCUT2D eigenvalue weighted by atomic mass is 79.9. The van der Waals surface area contributed by atoms with Crippen LogP contribution in [0.3, 0.4) is 0 Å². The van der Waals surface area contributed by atoms with Crippen molar-refractivity contribution in [1.82, 2.24) is 5.32 Å². The van der Waals surface area contributed by atoms with Crippen molar-refractivity contribution in [1.29, 1.82) is 0 Å². The number of aliphatic carboxylic acids is 1. The second-order valence-electron chi connectivity index (χ2n) is 6.47. The predicted octanol–water partition coefficient (Wildman–Crippen LogP) is 3.49. The molecule has 1 unspecified atom stereocenters. The molecular formula is C17H24BrNO4. The van der Waals surface area contributed by atoms with Gasteiger partial charge in [-0.05, 0) is 52.4 Å². The Balaban J connectivity index is 2.42. The highest BCUT2D eigenvalue weighted by Crippen LogP contribution is 2.31. The molecule has 23 heavy (non-hydrogen) atoms. The Hall–Kier alpha value is -1.56. The summed E-state index contributed by atoms with van der Waals surface area (Å²) in [6.45, 7) is 8.26. The topological polar surface area (TPSA) is 75.6 Å². The molecule has 0 radical (unpaired) electrons. The highest BCUT2D eigenvalue weighted by Gasteiger charge is 2.16. The molecule has 6 heteroatoms. The van der Waals surface area contributed by atoms with Crippen LogP contribution in [-0.2, 0) is 15.0 Å². The summed E-state index contributed by atoms with van der Waals surface area (Å²) in [5, 5.41) is 11.1. The molecule has 1 atom stereocenters. The van der Waals surface area contributed by atoms with Gasteiger partial charge in [-0.2, -0.15) is 0 Å². The van der Waals surface area contributed by atoms with E-state index in [1.807, 2.05) is 18.2 Å². The summed E-state index contributed by atoms with van der Waals surface area (Å²) in [7, 11) is 0. The molecule has 0 aromatic heterocycles. The molecule has 5 nitrogen and oxygen atoms in total. The largest absolute Gasteiger partial charge is 0.492 e. The van der Waals surface area contributed by atoms with Crippen molar-refractivity contribution in [3.63, 3.8) is 0 Å². The zero-order valence-corrected chi connectivity index (χ0v) is 15.6. The van der Waals surface area contributed by atoms with Crippen molar-refractivity contribution >= 4 is 27.8 Å². The molecule has 2 N–H and O–H groups in total. The van der Waals surface area contributed by atoms with Gasteiger partial charge in [0.1, 0.15) is 11.8 Å². The van der Waals surface area contributed by atoms with Crippen LogP contribution in [0.1, 0.15) is 46.1 Å². The summed E-state index contributed by atoms with van der Waals surface area (Å²) in [4.78, 5) is 22.2. The van der Waals surface area contributed by atoms with Gasteiger partial charge in [0.05, 0.1) is 11.1 Å². The first-order chi connectivity index (χ1) is 10.6. The van der Waals surface area contributed by atoms with E-state index >= 15 is 0 Å². The van der Waals surface area contributed by atoms with Crippen molar-refractivity contribution in [3.8, 4) is 5.75 Å². The number of carbonyl (C=O) groups excluding carboxylic acids is 1. The van der Waals surface area contributed by atoms with Crippen LogP contribution < -0.4 is 10.1 Å². The Morgan fingerprint density at radius 3 is 2.52 bits per heavy atom. The Labute approximate surface area is 145 Å². The quantitative estimate of drug-likeness (QED) is 0.704. The van der Waals surface area contributed by atoms with Gasteiger partial charge in [0, 0.05) is 6.42 Å². The van der Waals surface area contributed by atoms with Crippen LogP contribution in [0.15, 0.2) is 22.7 Å². The fourth-order valence-corrected chi connectivity index (χ4v) is 2.37. The van der Waals surface area contributed by atoms with Crippen LogP contribution in [0.5, 0.6) is 5.75 Å². The molecule has 0 bridgehead atoms. The Morgan fingerprint density at radius 1 is 1.35 bits per heavy atom. The molecular weight excluding hydrogens is 362 g/mol. The number of carbonyl (C=O) groups is 2. The minimum absolute atomic E-state index is 0.0694. The second-order valence-corrected chi connectivity index (χ2v) is 7.33. The number of hydrogen-bond donors (Lipinski definition) is 2. The summed E-state index contributed by atoms with van der Waals surface area (Å²) in [6.07, 6.45) is 0.751. The lowest BCUT2D eigenvalue weighted by Gasteiger charge is -2.20. The number of hydrogen-bond acceptors (Lipinski definition) is 3. The predicted molar refractivity (Wildman–Crippen MR) is 92.8 cm³/mol. The molecule has 1 rings (SSSR count). The Bertz CT molecular complexity index is 566. The molecule has 1 aromatic rings. The Morgan fingerprint density at radius 2 is 2.00 bits per heavy atom. The summed E-state index contributed by atoms with van der Waals surface area (Å²) in [6, 6.07) is 5.11. The maximum absolute atomic E-state index is 11.6. The number of halogens is 1. The molecule has 0 aliphatic rings. The summed E-state index contributed by atoms with van der Waals surface area (Å²) in [5.74, 6) is -0.597. The minimum atomic E-state index is -1.04. The van der Waals surface area contributed by atoms with Gasteiger partial charge in [-0.15, -0.1) is 0 Å². The number of nitrogens with one attached hydrogen (secondary N) is 1. The molecule has 0 spiro atoms. The van der Waals surface area contributed by atoms with E-state index in [-0.39, 0.29) is 17.7 Å². The monoisotopic (exact) mass is 385 g/mol. The number of amides is 1. The number of carboxylic acid groups (broad SMARTS) is 1. The van der Waals surface area contributed by atoms with E-state index in [0.29, 0.717) is 13.0 Å². The van der Waals surface area contributed by atoms with Crippen LogP contribution in [0.25, 0.3) is 0 Å². The third kappa shape index (κ3) is 6.60. The number of carboxylic acids is 1. The van der Waals surface area contributed by atoms with E-state index in [2.05, 4.69) is 42.0 Å². The molecule has 0 aliphatic carbocycles. The van der Waals surface area contributed by atoms with Gasteiger partial charge < -0.3 is 15.2 Å². The molecule has 128 valence electrons. The number of rotatable bonds is 7. The van der Waals surface area contributed by atoms with E-state index in [1.54, 1.807) is 0 Å². The number of ether oxygens (including phenoxy) is 1. The van der Waals surface area contributed by atoms with E-state index in [1.165, 1.54) is 12.5 Å². The van der Waals surface area contributed by atoms with Gasteiger partial charge in [-0.1, -0.05) is 26.8 Å². The molecule has 0 saturated carbocycles. The standard InChI is InChI=1S/C17H24BrNO4/c1-11(16(21)22)19-15(20)6-5-9-23-14-8-7-12(10-13(14)18)17(2,3)4/h7-8,10-11H,5-6,9H2,1-4H3,(H,19,20)(H,21,22). The molecule has 0 heterocycles. The molecule has 1 aromatic carbocycles. The van der Waals surface area contributed by atoms with Crippen molar-refractivity contribution in [2.24, 2.45) is 0 Å². The van der Waals surface area contributed by atoms with E-state index in [4.69, 9.17) is 9.84 Å². The van der Waals surface area contributed by atoms with Gasteiger partial charge in [-0.3, -0.25) is 9.59 Å². The lowest BCUT2D eigenvalue weighted by molar-refractivity contribution is -0.141. The van der Waals surface area contributed by atoms with Gasteiger partial charge in [-0.25, -0.2) is 0 Å². The van der Waals surface area contributed by atoms with E-state index in [9.17, 15) is 9.59 Å². The minimum Gasteiger partial charge on any atom is -0.492 e. The normalized spacial score (nSPS) is 12.6. The first kappa shape index (κ1) is 19.5. The molecule has 1 amide bonds. The second kappa shape index (κ2) is 8.34. The van der Waals surface area contributed by atoms with Gasteiger partial charge >= 0.3 is 5.97 Å². The van der Waals surface area contributed by atoms with Crippen LogP contribution >= 0.6 is 15.9 Å². The van der Waals surface area contributed by atoms with Crippen molar-refractivity contribution in [2.75, 3.05) is 6.61 Å². The van der Waals surface area contributed by atoms with Crippen molar-refractivity contribution < 1.29 is 19.4 Å². The Kier molecular flexibility index (Phi) is 7.06. The average molecular weight is 386 g/mol. The van der Waals surface area contributed by atoms with Crippen LogP contribution in [-0.4, -0.2) is 29.6 Å². The van der Waals surface area contributed by atoms with Crippen molar-refractivity contribution in [3.05, 3.63) is 28.2 Å². The lowest BCUT2D eigenvalue weighted by atomic mass is 9.87. The first-order valence-electron chi connectivity index (χ1n) is 7.56. The SMILES string of the molecule is CC(NC(=O)CCCOc1ccc(C(C)(C)C)cc1Br)C(=O)O. The average Bonchev–Trinajstić information content (AvgIpc) is 2.43. The summed E-state index contributed by atoms with van der Waals surface area (Å²) >= 11 is 3.50. The molecule has 0 fully saturated rings. The van der Waals surface area contributed by atoms with Gasteiger partial charge in [0.15, 0.2) is 0 Å². The summed E-state index contributed by atoms with van der Waals surface area (Å²) < 4.78 is 6.55. The maximum atomic E-state index is 11.6. The van der Waals surface area contributed by atoms with Crippen LogP contribution in [0.2, 0.25) is 0 Å². The fraction of sp³-hybridized carbons (Fsp3) is 0.529. The van der Waals surface area contributed by atoms with Crippen LogP contribution in [0.4, 0.5) is 0 Å². The summed E-state index contributed by atoms with van der Waals surface area (Å²) in [5.41, 5.74) is 1.28. The van der Waals surface area contributed by atoms with E-state index in [0.717, 1.165) is 10.2 Å². The smallest absolute Gasteiger partial charge is 0.325 e. The van der Waals surface area contributed by atoms with Gasteiger partial charge in [0.2, 0.25) is 5.91 Å². The third-order valence-electron chi connectivity index (χ3n) is 3.35. The maximum Gasteiger partial charge on any atom is 0.325 e. The zero-order chi connectivity index (χ0) is 17.6. The van der Waals surface area contributed by atoms with Crippen molar-refractivity contribution in [2.45, 2.75) is 52.0 Å².